The molecule has 3 aromatic carbocycles. The van der Waals surface area contributed by atoms with Crippen LogP contribution in [0.3, 0.4) is 0 Å². The lowest BCUT2D eigenvalue weighted by Crippen LogP contribution is -2.42. The van der Waals surface area contributed by atoms with Crippen LogP contribution in [0.15, 0.2) is 85.3 Å². The fourth-order valence-corrected chi connectivity index (χ4v) is 4.94. The summed E-state index contributed by atoms with van der Waals surface area (Å²) in [7, 11) is 0. The quantitative estimate of drug-likeness (QED) is 0.265. The minimum absolute atomic E-state index is 0.399. The number of amides is 1. The van der Waals surface area contributed by atoms with E-state index in [0.29, 0.717) is 40.4 Å². The molecule has 1 N–H and O–H groups in total. The van der Waals surface area contributed by atoms with E-state index in [2.05, 4.69) is 15.0 Å². The molecule has 1 amide bonds. The van der Waals surface area contributed by atoms with Gasteiger partial charge < -0.3 is 14.5 Å². The Morgan fingerprint density at radius 2 is 1.70 bits per heavy atom. The van der Waals surface area contributed by atoms with Crippen LogP contribution in [0.4, 0.5) is 4.79 Å². The SMILES string of the molecule is O=C(Oc1ccc(Cl)cc1)N1CCc2c([nH]c3ccc(Cl)cc23)C1c1ccc(Oc2cnccn2)cc1. The number of hydrogen-bond acceptors (Lipinski definition) is 5. The Balaban J connectivity index is 1.37. The van der Waals surface area contributed by atoms with Gasteiger partial charge in [0.1, 0.15) is 17.5 Å². The van der Waals surface area contributed by atoms with Crippen LogP contribution in [-0.2, 0) is 6.42 Å². The van der Waals surface area contributed by atoms with Gasteiger partial charge in [0.15, 0.2) is 0 Å². The molecule has 0 fully saturated rings. The monoisotopic (exact) mass is 530 g/mol. The predicted molar refractivity (Wildman–Crippen MR) is 142 cm³/mol. The molecule has 184 valence electrons. The molecule has 0 radical (unpaired) electrons. The first-order valence-corrected chi connectivity index (χ1v) is 12.4. The number of carbonyl (C=O) groups is 1. The van der Waals surface area contributed by atoms with E-state index < -0.39 is 12.1 Å². The third kappa shape index (κ3) is 4.71. The molecule has 1 atom stereocenters. The van der Waals surface area contributed by atoms with E-state index in [-0.39, 0.29) is 0 Å². The molecule has 0 saturated heterocycles. The lowest BCUT2D eigenvalue weighted by atomic mass is 9.92. The first-order chi connectivity index (χ1) is 18.0. The number of rotatable bonds is 4. The Kier molecular flexibility index (Phi) is 6.16. The Morgan fingerprint density at radius 1 is 0.946 bits per heavy atom. The largest absolute Gasteiger partial charge is 0.438 e. The van der Waals surface area contributed by atoms with Crippen molar-refractivity contribution in [1.29, 1.82) is 0 Å². The van der Waals surface area contributed by atoms with Gasteiger partial charge in [0.2, 0.25) is 5.88 Å². The van der Waals surface area contributed by atoms with E-state index in [1.165, 1.54) is 0 Å². The maximum atomic E-state index is 13.4. The van der Waals surface area contributed by atoms with Gasteiger partial charge >= 0.3 is 6.09 Å². The Labute approximate surface area is 222 Å². The predicted octanol–water partition coefficient (Wildman–Crippen LogP) is 7.20. The zero-order chi connectivity index (χ0) is 25.4. The Morgan fingerprint density at radius 3 is 2.46 bits per heavy atom. The number of aromatic amines is 1. The highest BCUT2D eigenvalue weighted by Crippen LogP contribution is 2.40. The third-order valence-electron chi connectivity index (χ3n) is 6.30. The van der Waals surface area contributed by atoms with Crippen LogP contribution < -0.4 is 9.47 Å². The van der Waals surface area contributed by atoms with Crippen molar-refractivity contribution in [2.24, 2.45) is 0 Å². The molecule has 3 heterocycles. The number of ether oxygens (including phenoxy) is 2. The number of aromatic nitrogens is 3. The number of nitrogens with zero attached hydrogens (tertiary/aromatic N) is 3. The Bertz CT molecular complexity index is 1570. The van der Waals surface area contributed by atoms with Gasteiger partial charge in [-0.05, 0) is 72.1 Å². The second-order valence-electron chi connectivity index (χ2n) is 8.59. The molecule has 5 aromatic rings. The lowest BCUT2D eigenvalue weighted by Gasteiger charge is -2.35. The van der Waals surface area contributed by atoms with E-state index in [1.54, 1.807) is 47.8 Å². The first kappa shape index (κ1) is 23.3. The molecule has 9 heteroatoms. The van der Waals surface area contributed by atoms with E-state index in [9.17, 15) is 4.79 Å². The average molecular weight is 531 g/mol. The lowest BCUT2D eigenvalue weighted by molar-refractivity contribution is 0.135. The minimum atomic E-state index is -0.449. The van der Waals surface area contributed by atoms with Crippen molar-refractivity contribution in [3.63, 3.8) is 0 Å². The van der Waals surface area contributed by atoms with E-state index in [1.807, 2.05) is 42.5 Å². The second-order valence-corrected chi connectivity index (χ2v) is 9.46. The summed E-state index contributed by atoms with van der Waals surface area (Å²) in [6, 6.07) is 19.7. The van der Waals surface area contributed by atoms with Gasteiger partial charge in [-0.1, -0.05) is 35.3 Å². The number of benzene rings is 3. The summed E-state index contributed by atoms with van der Waals surface area (Å²) in [4.78, 5) is 26.9. The smallest absolute Gasteiger partial charge is 0.416 e. The number of fused-ring (bicyclic) bond motifs is 3. The van der Waals surface area contributed by atoms with Gasteiger partial charge in [-0.25, -0.2) is 9.78 Å². The molecule has 1 aliphatic rings. The molecule has 1 aliphatic heterocycles. The fraction of sp³-hybridized carbons (Fsp3) is 0.107. The summed E-state index contributed by atoms with van der Waals surface area (Å²) >= 11 is 12.3. The molecular formula is C28H20Cl2N4O3. The van der Waals surface area contributed by atoms with Gasteiger partial charge in [0.05, 0.1) is 6.20 Å². The molecule has 0 saturated carbocycles. The molecular weight excluding hydrogens is 511 g/mol. The van der Waals surface area contributed by atoms with E-state index in [4.69, 9.17) is 32.7 Å². The standard InChI is InChI=1S/C28H20Cl2N4O3/c29-18-3-8-21(9-4-18)37-28(35)34-14-11-22-23-15-19(30)5-10-24(23)33-26(22)27(34)17-1-6-20(7-2-17)36-25-16-31-12-13-32-25/h1-10,12-13,15-16,27,33H,11,14H2. The highest BCUT2D eigenvalue weighted by Gasteiger charge is 2.35. The Hall–Kier alpha value is -4.07. The van der Waals surface area contributed by atoms with Crippen molar-refractivity contribution in [2.75, 3.05) is 6.54 Å². The van der Waals surface area contributed by atoms with Crippen LogP contribution in [0.1, 0.15) is 22.9 Å². The summed E-state index contributed by atoms with van der Waals surface area (Å²) in [5, 5.41) is 2.29. The molecule has 6 rings (SSSR count). The summed E-state index contributed by atoms with van der Waals surface area (Å²) in [5.74, 6) is 1.44. The van der Waals surface area contributed by atoms with Gasteiger partial charge in [-0.3, -0.25) is 9.88 Å². The van der Waals surface area contributed by atoms with Crippen LogP contribution in [0.5, 0.6) is 17.4 Å². The molecule has 0 bridgehead atoms. The molecule has 0 spiro atoms. The third-order valence-corrected chi connectivity index (χ3v) is 6.79. The van der Waals surface area contributed by atoms with Crippen molar-refractivity contribution in [3.05, 3.63) is 112 Å². The van der Waals surface area contributed by atoms with Gasteiger partial charge in [0.25, 0.3) is 0 Å². The van der Waals surface area contributed by atoms with E-state index in [0.717, 1.165) is 27.7 Å². The van der Waals surface area contributed by atoms with Crippen LogP contribution in [-0.4, -0.2) is 32.5 Å². The number of carbonyl (C=O) groups excluding carboxylic acids is 1. The van der Waals surface area contributed by atoms with Crippen molar-refractivity contribution >= 4 is 40.2 Å². The fourth-order valence-electron chi connectivity index (χ4n) is 4.64. The summed E-state index contributed by atoms with van der Waals surface area (Å²) in [6.45, 7) is 0.474. The van der Waals surface area contributed by atoms with Crippen molar-refractivity contribution in [1.82, 2.24) is 19.9 Å². The number of nitrogens with one attached hydrogen (secondary N) is 1. The van der Waals surface area contributed by atoms with Crippen molar-refractivity contribution in [2.45, 2.75) is 12.5 Å². The van der Waals surface area contributed by atoms with Crippen LogP contribution in [0, 0.1) is 0 Å². The molecule has 37 heavy (non-hydrogen) atoms. The molecule has 7 nitrogen and oxygen atoms in total. The van der Waals surface area contributed by atoms with E-state index >= 15 is 0 Å². The zero-order valence-electron chi connectivity index (χ0n) is 19.4. The minimum Gasteiger partial charge on any atom is -0.438 e. The molecule has 2 aromatic heterocycles. The van der Waals surface area contributed by atoms with Gasteiger partial charge in [-0.15, -0.1) is 0 Å². The van der Waals surface area contributed by atoms with Gasteiger partial charge in [0, 0.05) is 45.6 Å². The number of halogens is 2. The molecule has 0 aliphatic carbocycles. The highest BCUT2D eigenvalue weighted by atomic mass is 35.5. The normalized spacial score (nSPS) is 14.9. The van der Waals surface area contributed by atoms with Crippen molar-refractivity contribution in [3.8, 4) is 17.4 Å². The van der Waals surface area contributed by atoms with Crippen LogP contribution in [0.25, 0.3) is 10.9 Å². The topological polar surface area (TPSA) is 80.3 Å². The summed E-state index contributed by atoms with van der Waals surface area (Å²) < 4.78 is 11.5. The van der Waals surface area contributed by atoms with Crippen LogP contribution in [0.2, 0.25) is 10.0 Å². The summed E-state index contributed by atoms with van der Waals surface area (Å²) in [6.07, 6.45) is 4.91. The second kappa shape index (κ2) is 9.76. The zero-order valence-corrected chi connectivity index (χ0v) is 20.9. The highest BCUT2D eigenvalue weighted by molar-refractivity contribution is 6.31. The summed E-state index contributed by atoms with van der Waals surface area (Å²) in [5.41, 5.74) is 3.94. The molecule has 1 unspecified atom stereocenters. The van der Waals surface area contributed by atoms with Crippen molar-refractivity contribution < 1.29 is 14.3 Å². The van der Waals surface area contributed by atoms with Gasteiger partial charge in [-0.2, -0.15) is 0 Å². The number of hydrogen-bond donors (Lipinski definition) is 1. The maximum Gasteiger partial charge on any atom is 0.416 e. The first-order valence-electron chi connectivity index (χ1n) is 11.6. The maximum absolute atomic E-state index is 13.4. The average Bonchev–Trinajstić information content (AvgIpc) is 3.28. The van der Waals surface area contributed by atoms with Crippen LogP contribution >= 0.6 is 23.2 Å². The number of H-pyrrole nitrogens is 1.